The third-order valence-electron chi connectivity index (χ3n) is 3.15. The molecular formula is C13H22ClN3. The zero-order chi connectivity index (χ0) is 12.4. The average Bonchev–Trinajstić information content (AvgIpc) is 3.01. The Bertz CT molecular complexity index is 380. The largest absolute Gasteiger partial charge is 0.312 e. The van der Waals surface area contributed by atoms with Crippen LogP contribution in [0.5, 0.6) is 0 Å². The minimum absolute atomic E-state index is 0.569. The first-order valence-corrected chi connectivity index (χ1v) is 6.88. The smallest absolute Gasteiger partial charge is 0.131 e. The van der Waals surface area contributed by atoms with Crippen LogP contribution in [-0.4, -0.2) is 16.3 Å². The summed E-state index contributed by atoms with van der Waals surface area (Å²) in [6.45, 7) is 9.25. The van der Waals surface area contributed by atoms with Crippen LogP contribution in [0.4, 0.5) is 0 Å². The van der Waals surface area contributed by atoms with Gasteiger partial charge in [-0.05, 0) is 38.1 Å². The zero-order valence-electron chi connectivity index (χ0n) is 11.0. The van der Waals surface area contributed by atoms with E-state index < -0.39 is 0 Å². The van der Waals surface area contributed by atoms with Crippen LogP contribution in [0.1, 0.15) is 37.9 Å². The number of nitrogens with zero attached hydrogens (tertiary/aromatic N) is 2. The van der Waals surface area contributed by atoms with Crippen molar-refractivity contribution >= 4 is 11.6 Å². The van der Waals surface area contributed by atoms with E-state index in [1.807, 2.05) is 11.6 Å². The van der Waals surface area contributed by atoms with Crippen molar-refractivity contribution in [2.24, 2.45) is 11.8 Å². The van der Waals surface area contributed by atoms with Crippen molar-refractivity contribution in [1.29, 1.82) is 0 Å². The molecule has 0 amide bonds. The predicted octanol–water partition coefficient (Wildman–Crippen LogP) is 3.00. The molecule has 96 valence electrons. The van der Waals surface area contributed by atoms with Gasteiger partial charge in [0.15, 0.2) is 0 Å². The first-order chi connectivity index (χ1) is 8.08. The van der Waals surface area contributed by atoms with Gasteiger partial charge in [-0.1, -0.05) is 25.4 Å². The van der Waals surface area contributed by atoms with Crippen LogP contribution in [0, 0.1) is 18.8 Å². The minimum Gasteiger partial charge on any atom is -0.312 e. The monoisotopic (exact) mass is 255 g/mol. The Balaban J connectivity index is 1.96. The second-order valence-corrected chi connectivity index (χ2v) is 5.86. The normalized spacial score (nSPS) is 15.8. The van der Waals surface area contributed by atoms with Crippen molar-refractivity contribution in [3.05, 3.63) is 16.4 Å². The Kier molecular flexibility index (Phi) is 4.10. The van der Waals surface area contributed by atoms with Crippen molar-refractivity contribution in [2.45, 2.75) is 46.7 Å². The summed E-state index contributed by atoms with van der Waals surface area (Å²) in [5.74, 6) is 1.47. The van der Waals surface area contributed by atoms with Gasteiger partial charge < -0.3 is 5.32 Å². The van der Waals surface area contributed by atoms with Gasteiger partial charge in [-0.15, -0.1) is 0 Å². The van der Waals surface area contributed by atoms with Crippen LogP contribution < -0.4 is 5.32 Å². The lowest BCUT2D eigenvalue weighted by Gasteiger charge is -2.07. The molecule has 0 radical (unpaired) electrons. The number of rotatable bonds is 6. The highest BCUT2D eigenvalue weighted by atomic mass is 35.5. The number of nitrogens with one attached hydrogen (secondary N) is 1. The summed E-state index contributed by atoms with van der Waals surface area (Å²) >= 11 is 6.37. The Morgan fingerprint density at radius 2 is 2.18 bits per heavy atom. The highest BCUT2D eigenvalue weighted by Gasteiger charge is 2.21. The van der Waals surface area contributed by atoms with Crippen molar-refractivity contribution in [2.75, 3.05) is 6.54 Å². The van der Waals surface area contributed by atoms with E-state index in [0.717, 1.165) is 42.0 Å². The van der Waals surface area contributed by atoms with Crippen molar-refractivity contribution in [3.8, 4) is 0 Å². The Hall–Kier alpha value is -0.540. The van der Waals surface area contributed by atoms with Gasteiger partial charge in [0.05, 0.1) is 5.69 Å². The predicted molar refractivity (Wildman–Crippen MR) is 71.2 cm³/mol. The van der Waals surface area contributed by atoms with Crippen LogP contribution in [0.25, 0.3) is 0 Å². The van der Waals surface area contributed by atoms with Gasteiger partial charge in [-0.25, -0.2) is 0 Å². The summed E-state index contributed by atoms with van der Waals surface area (Å²) < 4.78 is 1.93. The number of aromatic nitrogens is 2. The topological polar surface area (TPSA) is 29.9 Å². The summed E-state index contributed by atoms with van der Waals surface area (Å²) in [5.41, 5.74) is 2.21. The highest BCUT2D eigenvalue weighted by Crippen LogP contribution is 2.28. The van der Waals surface area contributed by atoms with Crippen molar-refractivity contribution < 1.29 is 0 Å². The summed E-state index contributed by atoms with van der Waals surface area (Å²) in [4.78, 5) is 0. The molecule has 1 aliphatic carbocycles. The summed E-state index contributed by atoms with van der Waals surface area (Å²) in [6, 6.07) is 0. The molecule has 1 heterocycles. The Morgan fingerprint density at radius 1 is 1.47 bits per heavy atom. The van der Waals surface area contributed by atoms with Gasteiger partial charge in [-0.2, -0.15) is 5.10 Å². The number of hydrogen-bond donors (Lipinski definition) is 1. The molecule has 1 saturated carbocycles. The molecule has 0 bridgehead atoms. The number of halogens is 1. The van der Waals surface area contributed by atoms with E-state index in [-0.39, 0.29) is 0 Å². The molecular weight excluding hydrogens is 234 g/mol. The third-order valence-corrected chi connectivity index (χ3v) is 3.58. The van der Waals surface area contributed by atoms with Gasteiger partial charge in [-0.3, -0.25) is 4.68 Å². The zero-order valence-corrected chi connectivity index (χ0v) is 11.7. The van der Waals surface area contributed by atoms with E-state index in [2.05, 4.69) is 24.3 Å². The van der Waals surface area contributed by atoms with Gasteiger partial charge >= 0.3 is 0 Å². The maximum absolute atomic E-state index is 6.37. The molecule has 3 nitrogen and oxygen atoms in total. The molecule has 1 aromatic rings. The molecule has 1 N–H and O–H groups in total. The second kappa shape index (κ2) is 5.40. The highest BCUT2D eigenvalue weighted by molar-refractivity contribution is 6.30. The minimum atomic E-state index is 0.569. The maximum atomic E-state index is 6.37. The molecule has 0 aromatic carbocycles. The van der Waals surface area contributed by atoms with E-state index in [0.29, 0.717) is 5.92 Å². The van der Waals surface area contributed by atoms with Crippen LogP contribution in [-0.2, 0) is 13.1 Å². The first-order valence-electron chi connectivity index (χ1n) is 6.50. The SMILES string of the molecule is Cc1nn(CC(C)C)c(Cl)c1CNCC1CC1. The summed E-state index contributed by atoms with van der Waals surface area (Å²) in [5, 5.41) is 8.79. The lowest BCUT2D eigenvalue weighted by Crippen LogP contribution is -2.16. The first kappa shape index (κ1) is 12.9. The van der Waals surface area contributed by atoms with E-state index in [1.54, 1.807) is 0 Å². The molecule has 4 heteroatoms. The molecule has 0 saturated heterocycles. The molecule has 0 aliphatic heterocycles. The van der Waals surface area contributed by atoms with E-state index in [9.17, 15) is 0 Å². The maximum Gasteiger partial charge on any atom is 0.131 e. The molecule has 17 heavy (non-hydrogen) atoms. The van der Waals surface area contributed by atoms with E-state index in [1.165, 1.54) is 12.8 Å². The van der Waals surface area contributed by atoms with Crippen LogP contribution in [0.2, 0.25) is 5.15 Å². The average molecular weight is 256 g/mol. The van der Waals surface area contributed by atoms with Crippen LogP contribution in [0.3, 0.4) is 0 Å². The van der Waals surface area contributed by atoms with Crippen molar-refractivity contribution in [3.63, 3.8) is 0 Å². The standard InChI is InChI=1S/C13H22ClN3/c1-9(2)8-17-13(14)12(10(3)16-17)7-15-6-11-4-5-11/h9,11,15H,4-8H2,1-3H3. The lowest BCUT2D eigenvalue weighted by molar-refractivity contribution is 0.481. The van der Waals surface area contributed by atoms with Gasteiger partial charge in [0.1, 0.15) is 5.15 Å². The molecule has 0 atom stereocenters. The molecule has 0 unspecified atom stereocenters. The van der Waals surface area contributed by atoms with E-state index in [4.69, 9.17) is 11.6 Å². The third kappa shape index (κ3) is 3.46. The van der Waals surface area contributed by atoms with E-state index >= 15 is 0 Å². The second-order valence-electron chi connectivity index (χ2n) is 5.51. The number of hydrogen-bond acceptors (Lipinski definition) is 2. The van der Waals surface area contributed by atoms with Crippen LogP contribution in [0.15, 0.2) is 0 Å². The van der Waals surface area contributed by atoms with Crippen LogP contribution >= 0.6 is 11.6 Å². The fourth-order valence-corrected chi connectivity index (χ4v) is 2.29. The Labute approximate surface area is 109 Å². The lowest BCUT2D eigenvalue weighted by atomic mass is 10.2. The van der Waals surface area contributed by atoms with Gasteiger partial charge in [0.2, 0.25) is 0 Å². The quantitative estimate of drug-likeness (QED) is 0.847. The van der Waals surface area contributed by atoms with Crippen molar-refractivity contribution in [1.82, 2.24) is 15.1 Å². The molecule has 1 aromatic heterocycles. The number of aryl methyl sites for hydroxylation is 1. The molecule has 2 rings (SSSR count). The summed E-state index contributed by atoms with van der Waals surface area (Å²) in [7, 11) is 0. The molecule has 1 aliphatic rings. The molecule has 0 spiro atoms. The Morgan fingerprint density at radius 3 is 2.76 bits per heavy atom. The fraction of sp³-hybridized carbons (Fsp3) is 0.769. The molecule has 1 fully saturated rings. The fourth-order valence-electron chi connectivity index (χ4n) is 1.98. The van der Waals surface area contributed by atoms with Gasteiger partial charge in [0, 0.05) is 18.7 Å². The summed E-state index contributed by atoms with van der Waals surface area (Å²) in [6.07, 6.45) is 2.76. The van der Waals surface area contributed by atoms with Gasteiger partial charge in [0.25, 0.3) is 0 Å².